The molecule has 2 aromatic heterocycles. The van der Waals surface area contributed by atoms with E-state index >= 15 is 0 Å². The molecule has 0 fully saturated rings. The maximum Gasteiger partial charge on any atom is 0.225 e. The van der Waals surface area contributed by atoms with E-state index in [-0.39, 0.29) is 0 Å². The molecule has 0 bridgehead atoms. The van der Waals surface area contributed by atoms with Crippen LogP contribution in [0, 0.1) is 0 Å². The van der Waals surface area contributed by atoms with Crippen LogP contribution in [-0.2, 0) is 6.54 Å². The Balaban J connectivity index is 2.30. The van der Waals surface area contributed by atoms with Crippen molar-refractivity contribution in [2.75, 3.05) is 0 Å². The first kappa shape index (κ1) is 12.1. The van der Waals surface area contributed by atoms with E-state index in [1.54, 1.807) is 11.3 Å². The Morgan fingerprint density at radius 2 is 2.25 bits per heavy atom. The Morgan fingerprint density at radius 1 is 1.50 bits per heavy atom. The Morgan fingerprint density at radius 3 is 2.81 bits per heavy atom. The second-order valence-electron chi connectivity index (χ2n) is 3.80. The average Bonchev–Trinajstić information content (AvgIpc) is 2.76. The lowest BCUT2D eigenvalue weighted by Gasteiger charge is -2.08. The van der Waals surface area contributed by atoms with Crippen molar-refractivity contribution in [3.63, 3.8) is 0 Å². The molecule has 3 nitrogen and oxygen atoms in total. The highest BCUT2D eigenvalue weighted by atomic mass is 79.9. The van der Waals surface area contributed by atoms with Gasteiger partial charge >= 0.3 is 0 Å². The summed E-state index contributed by atoms with van der Waals surface area (Å²) in [5.74, 6) is 1.25. The molecule has 2 rings (SSSR count). The first-order valence-electron chi connectivity index (χ1n) is 4.89. The fraction of sp³-hybridized carbons (Fsp3) is 0.400. The summed E-state index contributed by atoms with van der Waals surface area (Å²) in [6, 6.07) is 2.09. The van der Waals surface area contributed by atoms with Crippen LogP contribution in [-0.4, -0.2) is 14.8 Å². The van der Waals surface area contributed by atoms with Gasteiger partial charge in [-0.2, -0.15) is 0 Å². The number of hydrogen-bond acceptors (Lipinski definition) is 3. The number of halogens is 2. The predicted octanol–water partition coefficient (Wildman–Crippen LogP) is 3.93. The summed E-state index contributed by atoms with van der Waals surface area (Å²) in [5, 5.41) is 10.5. The molecule has 6 heteroatoms. The minimum Gasteiger partial charge on any atom is -0.296 e. The number of hydrogen-bond donors (Lipinski definition) is 0. The van der Waals surface area contributed by atoms with E-state index in [1.165, 1.54) is 4.88 Å². The second kappa shape index (κ2) is 4.85. The molecule has 0 amide bonds. The Bertz CT molecular complexity index is 492. The van der Waals surface area contributed by atoms with E-state index in [0.717, 1.165) is 16.8 Å². The third-order valence-electron chi connectivity index (χ3n) is 2.19. The smallest absolute Gasteiger partial charge is 0.225 e. The molecule has 0 unspecified atom stereocenters. The zero-order valence-electron chi connectivity index (χ0n) is 8.94. The predicted molar refractivity (Wildman–Crippen MR) is 70.2 cm³/mol. The molecule has 0 saturated carbocycles. The zero-order valence-corrected chi connectivity index (χ0v) is 12.1. The van der Waals surface area contributed by atoms with Crippen molar-refractivity contribution in [2.45, 2.75) is 26.3 Å². The van der Waals surface area contributed by atoms with Crippen LogP contribution in [0.1, 0.15) is 30.5 Å². The van der Waals surface area contributed by atoms with Crippen LogP contribution in [0.25, 0.3) is 0 Å². The van der Waals surface area contributed by atoms with E-state index < -0.39 is 0 Å². The van der Waals surface area contributed by atoms with Gasteiger partial charge < -0.3 is 0 Å². The van der Waals surface area contributed by atoms with Gasteiger partial charge in [0.1, 0.15) is 5.82 Å². The molecule has 0 spiro atoms. The van der Waals surface area contributed by atoms with Gasteiger partial charge in [0.05, 0.1) is 6.54 Å². The Hall–Kier alpha value is -0.390. The minimum atomic E-state index is 0.323. The standard InChI is InChI=1S/C10H11BrClN3S/c1-6(2)9-13-14-10(12)15(9)4-8-3-7(11)5-16-8/h3,5-6H,4H2,1-2H3. The third kappa shape index (κ3) is 2.47. The highest BCUT2D eigenvalue weighted by Crippen LogP contribution is 2.24. The van der Waals surface area contributed by atoms with Gasteiger partial charge in [0.25, 0.3) is 0 Å². The van der Waals surface area contributed by atoms with E-state index in [9.17, 15) is 0 Å². The van der Waals surface area contributed by atoms with Crippen molar-refractivity contribution in [3.05, 3.63) is 31.9 Å². The van der Waals surface area contributed by atoms with Crippen molar-refractivity contribution in [3.8, 4) is 0 Å². The Kier molecular flexibility index (Phi) is 3.66. The number of thiophene rings is 1. The highest BCUT2D eigenvalue weighted by Gasteiger charge is 2.14. The lowest BCUT2D eigenvalue weighted by atomic mass is 10.2. The number of nitrogens with zero attached hydrogens (tertiary/aromatic N) is 3. The van der Waals surface area contributed by atoms with Crippen LogP contribution in [0.15, 0.2) is 15.9 Å². The van der Waals surface area contributed by atoms with Crippen LogP contribution in [0.3, 0.4) is 0 Å². The van der Waals surface area contributed by atoms with Gasteiger partial charge in [0.2, 0.25) is 5.28 Å². The molecule has 2 aromatic rings. The van der Waals surface area contributed by atoms with Crippen molar-refractivity contribution >= 4 is 38.9 Å². The topological polar surface area (TPSA) is 30.7 Å². The van der Waals surface area contributed by atoms with Gasteiger partial charge in [0, 0.05) is 20.6 Å². The van der Waals surface area contributed by atoms with E-state index in [1.807, 2.05) is 4.57 Å². The maximum absolute atomic E-state index is 6.03. The molecular formula is C10H11BrClN3S. The minimum absolute atomic E-state index is 0.323. The summed E-state index contributed by atoms with van der Waals surface area (Å²) in [6.07, 6.45) is 0. The van der Waals surface area contributed by atoms with Crippen molar-refractivity contribution in [1.82, 2.24) is 14.8 Å². The SMILES string of the molecule is CC(C)c1nnc(Cl)n1Cc1cc(Br)cs1. The lowest BCUT2D eigenvalue weighted by molar-refractivity contribution is 0.674. The normalized spacial score (nSPS) is 11.3. The number of aromatic nitrogens is 3. The molecule has 2 heterocycles. The molecule has 0 atom stereocenters. The summed E-state index contributed by atoms with van der Waals surface area (Å²) in [7, 11) is 0. The van der Waals surface area contributed by atoms with Crippen LogP contribution < -0.4 is 0 Å². The van der Waals surface area contributed by atoms with Gasteiger partial charge in [-0.1, -0.05) is 13.8 Å². The van der Waals surface area contributed by atoms with Crippen LogP contribution in [0.5, 0.6) is 0 Å². The van der Waals surface area contributed by atoms with Gasteiger partial charge in [-0.05, 0) is 33.6 Å². The summed E-state index contributed by atoms with van der Waals surface area (Å²) in [4.78, 5) is 1.23. The van der Waals surface area contributed by atoms with Gasteiger partial charge in [-0.3, -0.25) is 4.57 Å². The molecular weight excluding hydrogens is 310 g/mol. The van der Waals surface area contributed by atoms with Crippen LogP contribution in [0.4, 0.5) is 0 Å². The second-order valence-corrected chi connectivity index (χ2v) is 6.05. The van der Waals surface area contributed by atoms with Crippen LogP contribution >= 0.6 is 38.9 Å². The fourth-order valence-corrected chi connectivity index (χ4v) is 3.08. The molecule has 0 aromatic carbocycles. The summed E-state index contributed by atoms with van der Waals surface area (Å²) < 4.78 is 3.05. The fourth-order valence-electron chi connectivity index (χ4n) is 1.46. The highest BCUT2D eigenvalue weighted by molar-refractivity contribution is 9.10. The molecule has 0 aliphatic rings. The average molecular weight is 321 g/mol. The van der Waals surface area contributed by atoms with Crippen LogP contribution in [0.2, 0.25) is 5.28 Å². The number of rotatable bonds is 3. The maximum atomic E-state index is 6.03. The Labute approximate surface area is 112 Å². The largest absolute Gasteiger partial charge is 0.296 e. The lowest BCUT2D eigenvalue weighted by Crippen LogP contribution is -2.05. The molecule has 0 aliphatic carbocycles. The van der Waals surface area contributed by atoms with Gasteiger partial charge in [-0.25, -0.2) is 0 Å². The van der Waals surface area contributed by atoms with E-state index in [0.29, 0.717) is 11.2 Å². The monoisotopic (exact) mass is 319 g/mol. The molecule has 86 valence electrons. The zero-order chi connectivity index (χ0) is 11.7. The van der Waals surface area contributed by atoms with Gasteiger partial charge in [0.15, 0.2) is 0 Å². The summed E-state index contributed by atoms with van der Waals surface area (Å²) >= 11 is 11.2. The quantitative estimate of drug-likeness (QED) is 0.858. The van der Waals surface area contributed by atoms with Crippen molar-refractivity contribution in [2.24, 2.45) is 0 Å². The molecule has 16 heavy (non-hydrogen) atoms. The van der Waals surface area contributed by atoms with E-state index in [4.69, 9.17) is 11.6 Å². The molecule has 0 radical (unpaired) electrons. The summed E-state index contributed by atoms with van der Waals surface area (Å²) in [5.41, 5.74) is 0. The summed E-state index contributed by atoms with van der Waals surface area (Å²) in [6.45, 7) is 4.90. The molecule has 0 aliphatic heterocycles. The van der Waals surface area contributed by atoms with E-state index in [2.05, 4.69) is 51.4 Å². The molecule has 0 saturated heterocycles. The first-order chi connectivity index (χ1) is 7.58. The third-order valence-corrected chi connectivity index (χ3v) is 4.15. The van der Waals surface area contributed by atoms with Crippen molar-refractivity contribution in [1.29, 1.82) is 0 Å². The first-order valence-corrected chi connectivity index (χ1v) is 6.94. The molecule has 0 N–H and O–H groups in total. The van der Waals surface area contributed by atoms with Gasteiger partial charge in [-0.15, -0.1) is 21.5 Å². The van der Waals surface area contributed by atoms with Crippen molar-refractivity contribution < 1.29 is 0 Å².